The second-order valence-electron chi connectivity index (χ2n) is 1.80. The van der Waals surface area contributed by atoms with E-state index in [4.69, 9.17) is 4.74 Å². The Bertz CT molecular complexity index is 154. The van der Waals surface area contributed by atoms with Gasteiger partial charge in [0, 0.05) is 0 Å². The maximum atomic E-state index is 10.8. The van der Waals surface area contributed by atoms with Crippen LogP contribution in [-0.4, -0.2) is 17.6 Å². The summed E-state index contributed by atoms with van der Waals surface area (Å²) in [5.74, 6) is -0.491. The van der Waals surface area contributed by atoms with Crippen molar-refractivity contribution in [2.45, 2.75) is 18.9 Å². The van der Waals surface area contributed by atoms with Gasteiger partial charge in [-0.05, 0) is 36.4 Å². The number of alkyl halides is 1. The first-order valence-corrected chi connectivity index (χ1v) is 4.16. The molecule has 0 bridgehead atoms. The molecule has 0 saturated heterocycles. The average Bonchev–Trinajstić information content (AvgIpc) is 1.86. The topological polar surface area (TPSA) is 35.5 Å². The van der Waals surface area contributed by atoms with Gasteiger partial charge < -0.3 is 9.47 Å². The fraction of sp³-hybridized carbons (Fsp3) is 0.571. The highest BCUT2D eigenvalue weighted by molar-refractivity contribution is 9.09. The zero-order valence-electron chi connectivity index (χ0n) is 6.59. The van der Waals surface area contributed by atoms with Gasteiger partial charge in [-0.3, -0.25) is 0 Å². The first-order chi connectivity index (χ1) is 5.07. The van der Waals surface area contributed by atoms with E-state index in [9.17, 15) is 4.79 Å². The van der Waals surface area contributed by atoms with E-state index >= 15 is 0 Å². The van der Waals surface area contributed by atoms with E-state index in [1.807, 2.05) is 0 Å². The van der Waals surface area contributed by atoms with Gasteiger partial charge in [-0.25, -0.2) is 4.79 Å². The molecule has 1 atom stereocenters. The van der Waals surface area contributed by atoms with Gasteiger partial charge in [0.1, 0.15) is 0 Å². The van der Waals surface area contributed by atoms with Crippen molar-refractivity contribution < 1.29 is 14.3 Å². The number of esters is 1. The largest absolute Gasteiger partial charge is 0.473 e. The number of halogens is 1. The molecule has 4 heteroatoms. The van der Waals surface area contributed by atoms with Crippen molar-refractivity contribution in [3.63, 3.8) is 0 Å². The summed E-state index contributed by atoms with van der Waals surface area (Å²) in [7, 11) is 0. The molecule has 0 aliphatic rings. The van der Waals surface area contributed by atoms with Crippen LogP contribution in [0.25, 0.3) is 0 Å². The standard InChI is InChI=1S/C7H11BrO3/c1-4-10-7(9)5(2)11-6(3)8/h6H,2,4H2,1,3H3. The fourth-order valence-corrected chi connectivity index (χ4v) is 0.681. The van der Waals surface area contributed by atoms with Crippen LogP contribution in [0.2, 0.25) is 0 Å². The second kappa shape index (κ2) is 5.18. The molecule has 0 aliphatic heterocycles. The van der Waals surface area contributed by atoms with Crippen molar-refractivity contribution >= 4 is 21.9 Å². The molecule has 0 amide bonds. The summed E-state index contributed by atoms with van der Waals surface area (Å²) in [6, 6.07) is 0. The first-order valence-electron chi connectivity index (χ1n) is 3.24. The molecule has 1 unspecified atom stereocenters. The van der Waals surface area contributed by atoms with E-state index in [0.29, 0.717) is 6.61 Å². The van der Waals surface area contributed by atoms with Crippen LogP contribution in [0.1, 0.15) is 13.8 Å². The van der Waals surface area contributed by atoms with Crippen LogP contribution in [0.3, 0.4) is 0 Å². The minimum absolute atomic E-state index is 0.0243. The third-order valence-corrected chi connectivity index (χ3v) is 0.995. The van der Waals surface area contributed by atoms with Crippen LogP contribution in [0.5, 0.6) is 0 Å². The summed E-state index contributed by atoms with van der Waals surface area (Å²) < 4.78 is 9.53. The van der Waals surface area contributed by atoms with Crippen molar-refractivity contribution in [3.05, 3.63) is 12.3 Å². The lowest BCUT2D eigenvalue weighted by Gasteiger charge is -2.08. The Kier molecular flexibility index (Phi) is 4.94. The van der Waals surface area contributed by atoms with Gasteiger partial charge in [0.05, 0.1) is 6.61 Å². The number of carbonyl (C=O) groups is 1. The molecule has 0 N–H and O–H groups in total. The lowest BCUT2D eigenvalue weighted by Crippen LogP contribution is -2.11. The van der Waals surface area contributed by atoms with Crippen molar-refractivity contribution in [1.82, 2.24) is 0 Å². The quantitative estimate of drug-likeness (QED) is 0.315. The van der Waals surface area contributed by atoms with Gasteiger partial charge in [0.25, 0.3) is 0 Å². The highest BCUT2D eigenvalue weighted by Gasteiger charge is 2.10. The number of ether oxygens (including phenoxy) is 2. The molecule has 11 heavy (non-hydrogen) atoms. The SMILES string of the molecule is C=C(OC(C)Br)C(=O)OCC. The molecule has 0 aromatic carbocycles. The normalized spacial score (nSPS) is 11.9. The van der Waals surface area contributed by atoms with Crippen LogP contribution in [0.4, 0.5) is 0 Å². The van der Waals surface area contributed by atoms with Crippen LogP contribution in [-0.2, 0) is 14.3 Å². The smallest absolute Gasteiger partial charge is 0.372 e. The number of hydrogen-bond donors (Lipinski definition) is 0. The fourth-order valence-electron chi connectivity index (χ4n) is 0.456. The number of hydrogen-bond acceptors (Lipinski definition) is 3. The van der Waals surface area contributed by atoms with Crippen molar-refractivity contribution in [2.24, 2.45) is 0 Å². The zero-order valence-corrected chi connectivity index (χ0v) is 8.18. The minimum atomic E-state index is -0.515. The monoisotopic (exact) mass is 222 g/mol. The molecule has 0 aromatic rings. The van der Waals surface area contributed by atoms with Gasteiger partial charge in [-0.1, -0.05) is 0 Å². The van der Waals surface area contributed by atoms with Crippen LogP contribution in [0.15, 0.2) is 12.3 Å². The Hall–Kier alpha value is -0.510. The Morgan fingerprint density at radius 1 is 1.73 bits per heavy atom. The predicted molar refractivity (Wildman–Crippen MR) is 45.2 cm³/mol. The molecule has 0 fully saturated rings. The van der Waals surface area contributed by atoms with Crippen LogP contribution < -0.4 is 0 Å². The molecular weight excluding hydrogens is 212 g/mol. The maximum Gasteiger partial charge on any atom is 0.372 e. The maximum absolute atomic E-state index is 10.8. The Morgan fingerprint density at radius 2 is 2.27 bits per heavy atom. The predicted octanol–water partition coefficient (Wildman–Crippen LogP) is 1.82. The van der Waals surface area contributed by atoms with E-state index < -0.39 is 5.97 Å². The summed E-state index contributed by atoms with van der Waals surface area (Å²) in [4.78, 5) is 10.8. The lowest BCUT2D eigenvalue weighted by atomic mass is 10.5. The highest BCUT2D eigenvalue weighted by Crippen LogP contribution is 2.07. The summed E-state index contributed by atoms with van der Waals surface area (Å²) in [5.41, 5.74) is 0. The van der Waals surface area contributed by atoms with Crippen molar-refractivity contribution in [2.75, 3.05) is 6.61 Å². The van der Waals surface area contributed by atoms with Gasteiger partial charge >= 0.3 is 5.97 Å². The van der Waals surface area contributed by atoms with Crippen molar-refractivity contribution in [3.8, 4) is 0 Å². The zero-order chi connectivity index (χ0) is 8.85. The summed E-state index contributed by atoms with van der Waals surface area (Å²) in [5, 5.41) is -0.223. The molecule has 0 spiro atoms. The molecule has 0 aromatic heterocycles. The summed E-state index contributed by atoms with van der Waals surface area (Å²) in [6.07, 6.45) is 0. The summed E-state index contributed by atoms with van der Waals surface area (Å²) >= 11 is 3.10. The Morgan fingerprint density at radius 3 is 2.64 bits per heavy atom. The van der Waals surface area contributed by atoms with Gasteiger partial charge in [0.15, 0.2) is 10.8 Å². The second-order valence-corrected chi connectivity index (χ2v) is 3.09. The summed E-state index contributed by atoms with van der Waals surface area (Å²) in [6.45, 7) is 7.18. The molecular formula is C7H11BrO3. The first kappa shape index (κ1) is 10.5. The minimum Gasteiger partial charge on any atom is -0.473 e. The van der Waals surface area contributed by atoms with Crippen LogP contribution >= 0.6 is 15.9 Å². The van der Waals surface area contributed by atoms with Crippen LogP contribution in [0, 0.1) is 0 Å². The van der Waals surface area contributed by atoms with E-state index in [-0.39, 0.29) is 10.8 Å². The van der Waals surface area contributed by atoms with Gasteiger partial charge in [-0.15, -0.1) is 0 Å². The Labute approximate surface area is 74.5 Å². The van der Waals surface area contributed by atoms with Crippen molar-refractivity contribution in [1.29, 1.82) is 0 Å². The molecule has 64 valence electrons. The molecule has 0 radical (unpaired) electrons. The van der Waals surface area contributed by atoms with E-state index in [2.05, 4.69) is 27.2 Å². The third-order valence-electron chi connectivity index (χ3n) is 0.808. The molecule has 0 heterocycles. The van der Waals surface area contributed by atoms with Gasteiger partial charge in [0.2, 0.25) is 0 Å². The van der Waals surface area contributed by atoms with E-state index in [1.165, 1.54) is 0 Å². The van der Waals surface area contributed by atoms with E-state index in [0.717, 1.165) is 0 Å². The van der Waals surface area contributed by atoms with Gasteiger partial charge in [-0.2, -0.15) is 0 Å². The molecule has 0 aliphatic carbocycles. The average molecular weight is 223 g/mol. The number of carbonyl (C=O) groups excluding carboxylic acids is 1. The Balaban J connectivity index is 3.74. The molecule has 3 nitrogen and oxygen atoms in total. The number of rotatable bonds is 4. The van der Waals surface area contributed by atoms with E-state index in [1.54, 1.807) is 13.8 Å². The highest BCUT2D eigenvalue weighted by atomic mass is 79.9. The molecule has 0 saturated carbocycles. The third kappa shape index (κ3) is 4.84. The lowest BCUT2D eigenvalue weighted by molar-refractivity contribution is -0.142. The molecule has 0 rings (SSSR count).